The molecule has 0 saturated carbocycles. The molecular weight excluding hydrogens is 424 g/mol. The van der Waals surface area contributed by atoms with Crippen molar-refractivity contribution >= 4 is 57.5 Å². The highest BCUT2D eigenvalue weighted by Crippen LogP contribution is 2.24. The molecule has 0 saturated heterocycles. The third kappa shape index (κ3) is 4.55. The van der Waals surface area contributed by atoms with Gasteiger partial charge >= 0.3 is 0 Å². The summed E-state index contributed by atoms with van der Waals surface area (Å²) >= 11 is 13.0. The summed E-state index contributed by atoms with van der Waals surface area (Å²) in [6.07, 6.45) is 1.58. The Balaban J connectivity index is 1.84. The van der Waals surface area contributed by atoms with Crippen molar-refractivity contribution in [1.29, 1.82) is 0 Å². The number of carbonyl (C=O) groups excluding carboxylic acids is 1. The van der Waals surface area contributed by atoms with Crippen LogP contribution in [0.5, 0.6) is 0 Å². The number of halogens is 3. The number of amides is 1. The van der Waals surface area contributed by atoms with Crippen LogP contribution in [-0.2, 0) is 11.3 Å². The van der Waals surface area contributed by atoms with E-state index in [9.17, 15) is 14.0 Å². The summed E-state index contributed by atoms with van der Waals surface area (Å²) in [5.74, 6) is -0.891. The first-order chi connectivity index (χ1) is 13.4. The van der Waals surface area contributed by atoms with Crippen molar-refractivity contribution < 1.29 is 9.18 Å². The number of benzene rings is 2. The van der Waals surface area contributed by atoms with E-state index >= 15 is 0 Å². The molecule has 28 heavy (non-hydrogen) atoms. The largest absolute Gasteiger partial charge is 0.324 e. The highest BCUT2D eigenvalue weighted by Gasteiger charge is 2.14. The second-order valence-electron chi connectivity index (χ2n) is 5.72. The Bertz CT molecular complexity index is 1130. The summed E-state index contributed by atoms with van der Waals surface area (Å²) in [6, 6.07) is 8.52. The fourth-order valence-corrected chi connectivity index (χ4v) is 3.67. The minimum Gasteiger partial charge on any atom is -0.324 e. The van der Waals surface area contributed by atoms with E-state index in [2.05, 4.69) is 16.9 Å². The van der Waals surface area contributed by atoms with Gasteiger partial charge in [-0.15, -0.1) is 6.58 Å². The first-order valence-corrected chi connectivity index (χ1v) is 9.82. The first-order valence-electron chi connectivity index (χ1n) is 8.07. The molecule has 0 aliphatic carbocycles. The lowest BCUT2D eigenvalue weighted by atomic mass is 10.2. The van der Waals surface area contributed by atoms with Crippen LogP contribution >= 0.6 is 35.0 Å². The van der Waals surface area contributed by atoms with Gasteiger partial charge in [-0.25, -0.2) is 9.37 Å². The standard InChI is InChI=1S/C19H14Cl2FN3O2S/c1-2-7-25-18(27)13-5-3-11(20)8-16(13)24-19(25)28-10-17(26)23-15-6-4-12(22)9-14(15)21/h2-6,8-9H,1,7,10H2,(H,23,26). The molecule has 0 radical (unpaired) electrons. The molecule has 5 nitrogen and oxygen atoms in total. The summed E-state index contributed by atoms with van der Waals surface area (Å²) in [6.45, 7) is 3.91. The molecule has 3 rings (SSSR count). The smallest absolute Gasteiger partial charge is 0.262 e. The van der Waals surface area contributed by atoms with Gasteiger partial charge in [0.15, 0.2) is 5.16 Å². The molecule has 0 bridgehead atoms. The van der Waals surface area contributed by atoms with E-state index in [0.717, 1.165) is 17.8 Å². The minimum atomic E-state index is -0.496. The monoisotopic (exact) mass is 437 g/mol. The number of nitrogens with one attached hydrogen (secondary N) is 1. The number of nitrogens with zero attached hydrogens (tertiary/aromatic N) is 2. The second-order valence-corrected chi connectivity index (χ2v) is 7.51. The second kappa shape index (κ2) is 8.77. The van der Waals surface area contributed by atoms with Gasteiger partial charge in [0.25, 0.3) is 5.56 Å². The van der Waals surface area contributed by atoms with Crippen molar-refractivity contribution in [2.45, 2.75) is 11.7 Å². The molecule has 0 aliphatic rings. The summed E-state index contributed by atoms with van der Waals surface area (Å²) < 4.78 is 14.5. The van der Waals surface area contributed by atoms with Gasteiger partial charge in [0, 0.05) is 11.6 Å². The minimum absolute atomic E-state index is 0.0244. The first kappa shape index (κ1) is 20.4. The van der Waals surface area contributed by atoms with E-state index in [1.54, 1.807) is 24.3 Å². The SMILES string of the molecule is C=CCn1c(SCC(=O)Nc2ccc(F)cc2Cl)nc2cc(Cl)ccc2c1=O. The van der Waals surface area contributed by atoms with Gasteiger partial charge < -0.3 is 5.32 Å². The molecule has 144 valence electrons. The molecule has 3 aromatic rings. The number of fused-ring (bicyclic) bond motifs is 1. The van der Waals surface area contributed by atoms with E-state index in [4.69, 9.17) is 23.2 Å². The lowest BCUT2D eigenvalue weighted by molar-refractivity contribution is -0.113. The lowest BCUT2D eigenvalue weighted by Gasteiger charge is -2.12. The number of allylic oxidation sites excluding steroid dienone is 1. The number of aromatic nitrogens is 2. The molecule has 1 aromatic heterocycles. The van der Waals surface area contributed by atoms with E-state index in [0.29, 0.717) is 26.8 Å². The number of hydrogen-bond donors (Lipinski definition) is 1. The maximum atomic E-state index is 13.1. The molecule has 1 heterocycles. The number of thioether (sulfide) groups is 1. The van der Waals surface area contributed by atoms with Crippen LogP contribution in [0.4, 0.5) is 10.1 Å². The van der Waals surface area contributed by atoms with E-state index < -0.39 is 5.82 Å². The number of rotatable bonds is 6. The zero-order valence-corrected chi connectivity index (χ0v) is 16.7. The average Bonchev–Trinajstić information content (AvgIpc) is 2.65. The number of anilines is 1. The third-order valence-corrected chi connectivity index (χ3v) is 5.26. The maximum Gasteiger partial charge on any atom is 0.262 e. The molecule has 1 N–H and O–H groups in total. The Morgan fingerprint density at radius 1 is 1.29 bits per heavy atom. The van der Waals surface area contributed by atoms with Gasteiger partial charge in [0.1, 0.15) is 5.82 Å². The van der Waals surface area contributed by atoms with Gasteiger partial charge in [-0.2, -0.15) is 0 Å². The molecule has 9 heteroatoms. The highest BCUT2D eigenvalue weighted by atomic mass is 35.5. The molecule has 2 aromatic carbocycles. The Kier molecular flexibility index (Phi) is 6.39. The summed E-state index contributed by atoms with van der Waals surface area (Å²) in [5, 5.41) is 3.95. The van der Waals surface area contributed by atoms with Crippen LogP contribution in [-0.4, -0.2) is 21.2 Å². The average molecular weight is 438 g/mol. The van der Waals surface area contributed by atoms with E-state index in [-0.39, 0.29) is 28.8 Å². The van der Waals surface area contributed by atoms with Crippen LogP contribution < -0.4 is 10.9 Å². The molecule has 0 spiro atoms. The Morgan fingerprint density at radius 2 is 2.07 bits per heavy atom. The van der Waals surface area contributed by atoms with E-state index in [1.807, 2.05) is 0 Å². The van der Waals surface area contributed by atoms with E-state index in [1.165, 1.54) is 16.7 Å². The van der Waals surface area contributed by atoms with Gasteiger partial charge in [-0.05, 0) is 36.4 Å². The Morgan fingerprint density at radius 3 is 2.79 bits per heavy atom. The van der Waals surface area contributed by atoms with Crippen molar-refractivity contribution in [3.8, 4) is 0 Å². The Hall–Kier alpha value is -2.35. The fraction of sp³-hybridized carbons (Fsp3) is 0.105. The molecule has 1 amide bonds. The fourth-order valence-electron chi connectivity index (χ4n) is 2.48. The van der Waals surface area contributed by atoms with Crippen LogP contribution in [0.1, 0.15) is 0 Å². The maximum absolute atomic E-state index is 13.1. The molecule has 0 unspecified atom stereocenters. The van der Waals surface area contributed by atoms with Crippen LogP contribution in [0, 0.1) is 5.82 Å². The lowest BCUT2D eigenvalue weighted by Crippen LogP contribution is -2.23. The number of hydrogen-bond acceptors (Lipinski definition) is 4. The van der Waals surface area contributed by atoms with Crippen molar-refractivity contribution in [3.63, 3.8) is 0 Å². The van der Waals surface area contributed by atoms with Gasteiger partial charge in [0.05, 0.1) is 27.4 Å². The van der Waals surface area contributed by atoms with Gasteiger partial charge in [-0.3, -0.25) is 14.2 Å². The highest BCUT2D eigenvalue weighted by molar-refractivity contribution is 7.99. The van der Waals surface area contributed by atoms with Crippen molar-refractivity contribution in [2.75, 3.05) is 11.1 Å². The van der Waals surface area contributed by atoms with Crippen molar-refractivity contribution in [3.05, 3.63) is 75.3 Å². The Labute approximate surface area is 174 Å². The summed E-state index contributed by atoms with van der Waals surface area (Å²) in [4.78, 5) is 29.4. The predicted octanol–water partition coefficient (Wildman–Crippen LogP) is 4.76. The summed E-state index contributed by atoms with van der Waals surface area (Å²) in [7, 11) is 0. The topological polar surface area (TPSA) is 64.0 Å². The van der Waals surface area contributed by atoms with Crippen LogP contribution in [0.2, 0.25) is 10.0 Å². The zero-order valence-electron chi connectivity index (χ0n) is 14.4. The van der Waals surface area contributed by atoms with Crippen molar-refractivity contribution in [1.82, 2.24) is 9.55 Å². The third-order valence-electron chi connectivity index (χ3n) is 3.73. The molecular formula is C19H14Cl2FN3O2S. The van der Waals surface area contributed by atoms with Gasteiger partial charge in [0.2, 0.25) is 5.91 Å². The molecule has 0 aliphatic heterocycles. The van der Waals surface area contributed by atoms with Crippen LogP contribution in [0.25, 0.3) is 10.9 Å². The van der Waals surface area contributed by atoms with Crippen molar-refractivity contribution in [2.24, 2.45) is 0 Å². The van der Waals surface area contributed by atoms with Gasteiger partial charge in [-0.1, -0.05) is 41.0 Å². The molecule has 0 fully saturated rings. The quantitative estimate of drug-likeness (QED) is 0.343. The van der Waals surface area contributed by atoms with Crippen LogP contribution in [0.3, 0.4) is 0 Å². The number of carbonyl (C=O) groups is 1. The normalized spacial score (nSPS) is 10.8. The molecule has 0 atom stereocenters. The summed E-state index contributed by atoms with van der Waals surface area (Å²) in [5.41, 5.74) is 0.503. The predicted molar refractivity (Wildman–Crippen MR) is 112 cm³/mol. The van der Waals surface area contributed by atoms with Crippen LogP contribution in [0.15, 0.2) is 59.0 Å². The zero-order chi connectivity index (χ0) is 20.3.